The van der Waals surface area contributed by atoms with Crippen molar-refractivity contribution >= 4 is 11.7 Å². The van der Waals surface area contributed by atoms with Crippen molar-refractivity contribution in [1.29, 1.82) is 5.26 Å². The van der Waals surface area contributed by atoms with E-state index in [-0.39, 0.29) is 5.91 Å². The third kappa shape index (κ3) is 2.80. The second-order valence-corrected chi connectivity index (χ2v) is 4.26. The van der Waals surface area contributed by atoms with Crippen LogP contribution in [0.5, 0.6) is 0 Å². The molecule has 2 aromatic rings. The Balaban J connectivity index is 2.19. The lowest BCUT2D eigenvalue weighted by Gasteiger charge is -2.10. The number of benzene rings is 1. The molecular weight excluding hydrogens is 240 g/mol. The molecule has 1 aromatic carbocycles. The summed E-state index contributed by atoms with van der Waals surface area (Å²) >= 11 is 0. The maximum absolute atomic E-state index is 12.1. The molecule has 0 bridgehead atoms. The quantitative estimate of drug-likeness (QED) is 0.910. The van der Waals surface area contributed by atoms with E-state index in [1.165, 1.54) is 0 Å². The van der Waals surface area contributed by atoms with Crippen molar-refractivity contribution in [1.82, 2.24) is 9.78 Å². The van der Waals surface area contributed by atoms with Gasteiger partial charge in [-0.3, -0.25) is 9.48 Å². The van der Waals surface area contributed by atoms with Gasteiger partial charge in [0.25, 0.3) is 0 Å². The lowest BCUT2D eigenvalue weighted by atomic mass is 10.00. The molecule has 0 aliphatic rings. The Morgan fingerprint density at radius 3 is 2.63 bits per heavy atom. The highest BCUT2D eigenvalue weighted by atomic mass is 16.2. The van der Waals surface area contributed by atoms with E-state index in [0.717, 1.165) is 5.69 Å². The number of aromatic nitrogens is 2. The van der Waals surface area contributed by atoms with Gasteiger partial charge in [0.15, 0.2) is 5.92 Å². The fraction of sp³-hybridized carbons (Fsp3) is 0.214. The number of anilines is 1. The number of nitrogens with zero attached hydrogens (tertiary/aromatic N) is 3. The van der Waals surface area contributed by atoms with Gasteiger partial charge in [0.05, 0.1) is 11.8 Å². The highest BCUT2D eigenvalue weighted by Gasteiger charge is 2.20. The lowest BCUT2D eigenvalue weighted by Crippen LogP contribution is -2.21. The summed E-state index contributed by atoms with van der Waals surface area (Å²) in [5.74, 6) is -0.591. The first kappa shape index (κ1) is 12.8. The molecule has 5 nitrogen and oxygen atoms in total. The van der Waals surface area contributed by atoms with Gasteiger partial charge in [-0.1, -0.05) is 30.3 Å². The normalized spacial score (nSPS) is 11.6. The topological polar surface area (TPSA) is 70.7 Å². The highest BCUT2D eigenvalue weighted by Crippen LogP contribution is 2.17. The molecule has 1 aromatic heterocycles. The number of carbonyl (C=O) groups excluding carboxylic acids is 1. The standard InChI is InChI=1S/C14H14N4O/c1-10-8-13(18(2)17-10)16-14(19)12(9-15)11-6-4-3-5-7-11/h3-8,12H,1-2H3,(H,16,19). The summed E-state index contributed by atoms with van der Waals surface area (Å²) in [6.07, 6.45) is 0. The number of rotatable bonds is 3. The third-order valence-corrected chi connectivity index (χ3v) is 2.78. The fourth-order valence-corrected chi connectivity index (χ4v) is 1.86. The van der Waals surface area contributed by atoms with E-state index >= 15 is 0 Å². The van der Waals surface area contributed by atoms with Crippen molar-refractivity contribution in [2.75, 3.05) is 5.32 Å². The molecule has 0 spiro atoms. The number of hydrogen-bond donors (Lipinski definition) is 1. The molecule has 0 radical (unpaired) electrons. The van der Waals surface area contributed by atoms with Gasteiger partial charge in [-0.2, -0.15) is 10.4 Å². The summed E-state index contributed by atoms with van der Waals surface area (Å²) in [6.45, 7) is 1.84. The van der Waals surface area contributed by atoms with Crippen LogP contribution in [0.3, 0.4) is 0 Å². The van der Waals surface area contributed by atoms with Crippen LogP contribution in [0.15, 0.2) is 36.4 Å². The maximum Gasteiger partial charge on any atom is 0.247 e. The maximum atomic E-state index is 12.1. The minimum Gasteiger partial charge on any atom is -0.309 e. The van der Waals surface area contributed by atoms with Gasteiger partial charge in [0.2, 0.25) is 5.91 Å². The molecule has 2 rings (SSSR count). The lowest BCUT2D eigenvalue weighted by molar-refractivity contribution is -0.116. The number of hydrogen-bond acceptors (Lipinski definition) is 3. The average molecular weight is 254 g/mol. The summed E-state index contributed by atoms with van der Waals surface area (Å²) in [6, 6.07) is 12.8. The van der Waals surface area contributed by atoms with Crippen molar-refractivity contribution in [2.24, 2.45) is 7.05 Å². The van der Waals surface area contributed by atoms with Crippen molar-refractivity contribution in [3.8, 4) is 6.07 Å². The molecule has 0 fully saturated rings. The Kier molecular flexibility index (Phi) is 3.62. The largest absolute Gasteiger partial charge is 0.309 e. The zero-order chi connectivity index (χ0) is 13.8. The molecule has 0 saturated carbocycles. The van der Waals surface area contributed by atoms with Crippen LogP contribution in [0.2, 0.25) is 0 Å². The van der Waals surface area contributed by atoms with E-state index in [1.807, 2.05) is 19.1 Å². The fourth-order valence-electron chi connectivity index (χ4n) is 1.86. The molecule has 5 heteroatoms. The Hall–Kier alpha value is -2.61. The van der Waals surface area contributed by atoms with Gasteiger partial charge >= 0.3 is 0 Å². The average Bonchev–Trinajstić information content (AvgIpc) is 2.70. The van der Waals surface area contributed by atoms with E-state index in [2.05, 4.69) is 10.4 Å². The Morgan fingerprint density at radius 2 is 2.11 bits per heavy atom. The predicted molar refractivity (Wildman–Crippen MR) is 71.4 cm³/mol. The summed E-state index contributed by atoms with van der Waals surface area (Å²) in [4.78, 5) is 12.1. The van der Waals surface area contributed by atoms with E-state index in [0.29, 0.717) is 11.4 Å². The smallest absolute Gasteiger partial charge is 0.247 e. The molecule has 96 valence electrons. The number of nitrogens with one attached hydrogen (secondary N) is 1. The van der Waals surface area contributed by atoms with Gasteiger partial charge in [-0.25, -0.2) is 0 Å². The summed E-state index contributed by atoms with van der Waals surface area (Å²) in [7, 11) is 1.74. The van der Waals surface area contributed by atoms with Crippen LogP contribution < -0.4 is 5.32 Å². The zero-order valence-corrected chi connectivity index (χ0v) is 10.8. The van der Waals surface area contributed by atoms with E-state index in [1.54, 1.807) is 42.1 Å². The Morgan fingerprint density at radius 1 is 1.42 bits per heavy atom. The second-order valence-electron chi connectivity index (χ2n) is 4.26. The van der Waals surface area contributed by atoms with E-state index in [9.17, 15) is 4.79 Å². The number of aryl methyl sites for hydroxylation is 2. The van der Waals surface area contributed by atoms with Gasteiger partial charge in [-0.05, 0) is 12.5 Å². The molecule has 0 saturated heterocycles. The van der Waals surface area contributed by atoms with Crippen LogP contribution in [0.25, 0.3) is 0 Å². The van der Waals surface area contributed by atoms with Crippen molar-refractivity contribution < 1.29 is 4.79 Å². The van der Waals surface area contributed by atoms with Gasteiger partial charge < -0.3 is 5.32 Å². The molecule has 1 N–H and O–H groups in total. The number of amides is 1. The Bertz CT molecular complexity index is 625. The predicted octanol–water partition coefficient (Wildman–Crippen LogP) is 1.97. The van der Waals surface area contributed by atoms with Gasteiger partial charge in [0.1, 0.15) is 5.82 Å². The van der Waals surface area contributed by atoms with Crippen molar-refractivity contribution in [2.45, 2.75) is 12.8 Å². The first-order chi connectivity index (χ1) is 9.11. The molecular formula is C14H14N4O. The van der Waals surface area contributed by atoms with Crippen LogP contribution >= 0.6 is 0 Å². The van der Waals surface area contributed by atoms with Crippen molar-refractivity contribution in [3.63, 3.8) is 0 Å². The molecule has 0 aliphatic heterocycles. The zero-order valence-electron chi connectivity index (χ0n) is 10.8. The molecule has 0 aliphatic carbocycles. The summed E-state index contributed by atoms with van der Waals surface area (Å²) < 4.78 is 1.58. The van der Waals surface area contributed by atoms with Crippen LogP contribution in [-0.4, -0.2) is 15.7 Å². The minimum atomic E-state index is -0.823. The molecule has 19 heavy (non-hydrogen) atoms. The van der Waals surface area contributed by atoms with E-state index < -0.39 is 5.92 Å². The molecule has 1 unspecified atom stereocenters. The summed E-state index contributed by atoms with van der Waals surface area (Å²) in [5, 5.41) is 16.0. The van der Waals surface area contributed by atoms with Crippen LogP contribution in [0.1, 0.15) is 17.2 Å². The molecule has 1 heterocycles. The number of carbonyl (C=O) groups is 1. The molecule has 1 amide bonds. The first-order valence-electron chi connectivity index (χ1n) is 5.88. The monoisotopic (exact) mass is 254 g/mol. The van der Waals surface area contributed by atoms with Crippen LogP contribution in [0.4, 0.5) is 5.82 Å². The van der Waals surface area contributed by atoms with Gasteiger partial charge in [0, 0.05) is 13.1 Å². The van der Waals surface area contributed by atoms with E-state index in [4.69, 9.17) is 5.26 Å². The Labute approximate surface area is 111 Å². The third-order valence-electron chi connectivity index (χ3n) is 2.78. The molecule has 1 atom stereocenters. The SMILES string of the molecule is Cc1cc(NC(=O)C(C#N)c2ccccc2)n(C)n1. The van der Waals surface area contributed by atoms with Crippen LogP contribution in [0, 0.1) is 18.3 Å². The van der Waals surface area contributed by atoms with Gasteiger partial charge in [-0.15, -0.1) is 0 Å². The number of nitriles is 1. The minimum absolute atomic E-state index is 0.350. The second kappa shape index (κ2) is 5.36. The first-order valence-corrected chi connectivity index (χ1v) is 5.88. The highest BCUT2D eigenvalue weighted by molar-refractivity contribution is 5.97. The van der Waals surface area contributed by atoms with Crippen molar-refractivity contribution in [3.05, 3.63) is 47.7 Å². The van der Waals surface area contributed by atoms with Crippen LogP contribution in [-0.2, 0) is 11.8 Å². The summed E-state index contributed by atoms with van der Waals surface area (Å²) in [5.41, 5.74) is 1.49.